The van der Waals surface area contributed by atoms with Gasteiger partial charge in [0.1, 0.15) is 0 Å². The van der Waals surface area contributed by atoms with Gasteiger partial charge in [-0.2, -0.15) is 0 Å². The Morgan fingerprint density at radius 1 is 1.33 bits per heavy atom. The summed E-state index contributed by atoms with van der Waals surface area (Å²) in [6.45, 7) is 0.306. The van der Waals surface area contributed by atoms with Crippen LogP contribution in [0.4, 0.5) is 0 Å². The summed E-state index contributed by atoms with van der Waals surface area (Å²) >= 11 is 0. The van der Waals surface area contributed by atoms with Gasteiger partial charge in [-0.25, -0.2) is 0 Å². The third kappa shape index (κ3) is 4.47. The van der Waals surface area contributed by atoms with Gasteiger partial charge in [0.05, 0.1) is 19.2 Å². The molecule has 1 aromatic carbocycles. The molecule has 0 radical (unpaired) electrons. The minimum Gasteiger partial charge on any atom is -0.394 e. The lowest BCUT2D eigenvalue weighted by Gasteiger charge is -2.16. The van der Waals surface area contributed by atoms with Crippen LogP contribution >= 0.6 is 0 Å². The van der Waals surface area contributed by atoms with Crippen LogP contribution in [-0.2, 0) is 11.2 Å². The fourth-order valence-electron chi connectivity index (χ4n) is 1.86. The van der Waals surface area contributed by atoms with Crippen molar-refractivity contribution >= 4 is 5.91 Å². The predicted octanol–water partition coefficient (Wildman–Crippen LogP) is 0.458. The topological polar surface area (TPSA) is 61.4 Å². The quantitative estimate of drug-likeness (QED) is 0.657. The molecular formula is C14H20N2O2. The molecule has 1 aromatic rings. The van der Waals surface area contributed by atoms with Crippen LogP contribution in [0.25, 0.3) is 0 Å². The Bertz CT molecular complexity index is 377. The van der Waals surface area contributed by atoms with Gasteiger partial charge in [-0.1, -0.05) is 30.3 Å². The van der Waals surface area contributed by atoms with Gasteiger partial charge in [0, 0.05) is 6.04 Å². The minimum absolute atomic E-state index is 0.0376. The standard InChI is InChI=1S/C14H20N2O2/c17-10-13(8-11-4-2-1-3-5-11)16-14(18)9-15-12-6-7-12/h1-5,12-13,15,17H,6-10H2,(H,16,18)/t13-/m0/s1. The first-order chi connectivity index (χ1) is 8.78. The largest absolute Gasteiger partial charge is 0.394 e. The summed E-state index contributed by atoms with van der Waals surface area (Å²) in [5.41, 5.74) is 1.12. The zero-order valence-corrected chi connectivity index (χ0v) is 10.4. The van der Waals surface area contributed by atoms with E-state index >= 15 is 0 Å². The van der Waals surface area contributed by atoms with E-state index in [1.54, 1.807) is 0 Å². The maximum absolute atomic E-state index is 11.7. The van der Waals surface area contributed by atoms with Crippen molar-refractivity contribution in [2.45, 2.75) is 31.3 Å². The highest BCUT2D eigenvalue weighted by molar-refractivity contribution is 5.78. The van der Waals surface area contributed by atoms with Crippen molar-refractivity contribution in [3.05, 3.63) is 35.9 Å². The number of hydrogen-bond acceptors (Lipinski definition) is 3. The zero-order valence-electron chi connectivity index (χ0n) is 10.4. The maximum atomic E-state index is 11.7. The normalized spacial score (nSPS) is 16.3. The molecule has 1 aliphatic carbocycles. The molecule has 0 spiro atoms. The van der Waals surface area contributed by atoms with Crippen LogP contribution in [0.2, 0.25) is 0 Å². The molecule has 0 saturated heterocycles. The molecule has 1 saturated carbocycles. The summed E-state index contributed by atoms with van der Waals surface area (Å²) in [6, 6.07) is 10.2. The van der Waals surface area contributed by atoms with E-state index in [1.165, 1.54) is 12.8 Å². The van der Waals surface area contributed by atoms with Gasteiger partial charge in [-0.3, -0.25) is 4.79 Å². The van der Waals surface area contributed by atoms with Crippen LogP contribution in [0.1, 0.15) is 18.4 Å². The van der Waals surface area contributed by atoms with E-state index in [1.807, 2.05) is 30.3 Å². The van der Waals surface area contributed by atoms with E-state index in [9.17, 15) is 9.90 Å². The predicted molar refractivity (Wildman–Crippen MR) is 70.2 cm³/mol. The summed E-state index contributed by atoms with van der Waals surface area (Å²) in [5, 5.41) is 15.3. The highest BCUT2D eigenvalue weighted by atomic mass is 16.3. The van der Waals surface area contributed by atoms with E-state index < -0.39 is 0 Å². The molecule has 0 unspecified atom stereocenters. The summed E-state index contributed by atoms with van der Waals surface area (Å²) in [5.74, 6) is -0.0446. The molecule has 1 fully saturated rings. The Morgan fingerprint density at radius 3 is 2.67 bits per heavy atom. The zero-order chi connectivity index (χ0) is 12.8. The summed E-state index contributed by atoms with van der Waals surface area (Å²) < 4.78 is 0. The molecule has 1 amide bonds. The highest BCUT2D eigenvalue weighted by Gasteiger charge is 2.21. The third-order valence-corrected chi connectivity index (χ3v) is 3.04. The second-order valence-electron chi connectivity index (χ2n) is 4.79. The van der Waals surface area contributed by atoms with E-state index in [2.05, 4.69) is 10.6 Å². The Hall–Kier alpha value is -1.39. The van der Waals surface area contributed by atoms with Crippen LogP contribution in [0.3, 0.4) is 0 Å². The maximum Gasteiger partial charge on any atom is 0.234 e. The number of carbonyl (C=O) groups excluding carboxylic acids is 1. The molecular weight excluding hydrogens is 228 g/mol. The van der Waals surface area contributed by atoms with E-state index in [0.29, 0.717) is 19.0 Å². The molecule has 4 nitrogen and oxygen atoms in total. The van der Waals surface area contributed by atoms with Crippen LogP contribution < -0.4 is 10.6 Å². The third-order valence-electron chi connectivity index (χ3n) is 3.04. The van der Waals surface area contributed by atoms with Gasteiger partial charge in [0.2, 0.25) is 5.91 Å². The van der Waals surface area contributed by atoms with E-state index in [4.69, 9.17) is 0 Å². The van der Waals surface area contributed by atoms with Gasteiger partial charge in [-0.05, 0) is 24.8 Å². The van der Waals surface area contributed by atoms with Gasteiger partial charge in [0.25, 0.3) is 0 Å². The fraction of sp³-hybridized carbons (Fsp3) is 0.500. The van der Waals surface area contributed by atoms with E-state index in [-0.39, 0.29) is 18.6 Å². The van der Waals surface area contributed by atoms with Crippen molar-refractivity contribution in [2.75, 3.05) is 13.2 Å². The Labute approximate surface area is 107 Å². The van der Waals surface area contributed by atoms with Crippen molar-refractivity contribution < 1.29 is 9.90 Å². The average molecular weight is 248 g/mol. The molecule has 0 bridgehead atoms. The lowest BCUT2D eigenvalue weighted by atomic mass is 10.1. The Balaban J connectivity index is 1.75. The molecule has 0 heterocycles. The van der Waals surface area contributed by atoms with Crippen LogP contribution in [0, 0.1) is 0 Å². The number of rotatable bonds is 7. The van der Waals surface area contributed by atoms with Gasteiger partial charge in [0.15, 0.2) is 0 Å². The van der Waals surface area contributed by atoms with Gasteiger partial charge in [-0.15, -0.1) is 0 Å². The SMILES string of the molecule is O=C(CNC1CC1)N[C@H](CO)Cc1ccccc1. The monoisotopic (exact) mass is 248 g/mol. The van der Waals surface area contributed by atoms with Crippen molar-refractivity contribution in [3.8, 4) is 0 Å². The second-order valence-corrected chi connectivity index (χ2v) is 4.79. The Morgan fingerprint density at radius 2 is 2.06 bits per heavy atom. The molecule has 18 heavy (non-hydrogen) atoms. The van der Waals surface area contributed by atoms with Crippen LogP contribution in [0.15, 0.2) is 30.3 Å². The molecule has 98 valence electrons. The molecule has 1 aliphatic rings. The van der Waals surface area contributed by atoms with Crippen molar-refractivity contribution in [1.82, 2.24) is 10.6 Å². The molecule has 0 aliphatic heterocycles. The second kappa shape index (κ2) is 6.52. The molecule has 3 N–H and O–H groups in total. The van der Waals surface area contributed by atoms with E-state index in [0.717, 1.165) is 5.56 Å². The molecule has 0 aromatic heterocycles. The van der Waals surface area contributed by atoms with Crippen LogP contribution in [-0.4, -0.2) is 36.2 Å². The number of carbonyl (C=O) groups is 1. The highest BCUT2D eigenvalue weighted by Crippen LogP contribution is 2.17. The summed E-state index contributed by atoms with van der Waals surface area (Å²) in [6.07, 6.45) is 2.99. The van der Waals surface area contributed by atoms with Crippen molar-refractivity contribution in [3.63, 3.8) is 0 Å². The number of hydrogen-bond donors (Lipinski definition) is 3. The number of aliphatic hydroxyl groups excluding tert-OH is 1. The lowest BCUT2D eigenvalue weighted by Crippen LogP contribution is -2.43. The minimum atomic E-state index is -0.207. The lowest BCUT2D eigenvalue weighted by molar-refractivity contribution is -0.121. The first-order valence-corrected chi connectivity index (χ1v) is 6.45. The number of benzene rings is 1. The van der Waals surface area contributed by atoms with Gasteiger partial charge < -0.3 is 15.7 Å². The van der Waals surface area contributed by atoms with Crippen molar-refractivity contribution in [2.24, 2.45) is 0 Å². The number of aliphatic hydroxyl groups is 1. The number of amides is 1. The Kier molecular flexibility index (Phi) is 4.73. The molecule has 1 atom stereocenters. The number of nitrogens with one attached hydrogen (secondary N) is 2. The van der Waals surface area contributed by atoms with Crippen molar-refractivity contribution in [1.29, 1.82) is 0 Å². The first-order valence-electron chi connectivity index (χ1n) is 6.45. The average Bonchev–Trinajstić information content (AvgIpc) is 3.21. The van der Waals surface area contributed by atoms with Gasteiger partial charge >= 0.3 is 0 Å². The molecule has 4 heteroatoms. The molecule has 2 rings (SSSR count). The summed E-state index contributed by atoms with van der Waals surface area (Å²) in [7, 11) is 0. The van der Waals surface area contributed by atoms with Crippen LogP contribution in [0.5, 0.6) is 0 Å². The fourth-order valence-corrected chi connectivity index (χ4v) is 1.86. The smallest absolute Gasteiger partial charge is 0.234 e. The first kappa shape index (κ1) is 13.1. The summed E-state index contributed by atoms with van der Waals surface area (Å²) in [4.78, 5) is 11.7.